The van der Waals surface area contributed by atoms with Crippen LogP contribution in [0.15, 0.2) is 0 Å². The lowest BCUT2D eigenvalue weighted by Gasteiger charge is -2.36. The van der Waals surface area contributed by atoms with Crippen LogP contribution in [-0.2, 0) is 9.59 Å². The van der Waals surface area contributed by atoms with Crippen LogP contribution in [0.25, 0.3) is 0 Å². The van der Waals surface area contributed by atoms with Gasteiger partial charge in [-0.3, -0.25) is 19.4 Å². The van der Waals surface area contributed by atoms with Crippen molar-refractivity contribution in [1.29, 1.82) is 0 Å². The standard InChI is InChI=1S/C18H30N4O3/c1-3-21-10-6-8-14(21)11-19-15(23)12-22-16(24)18(20-17(22)25)9-5-4-7-13(18)2/h13-14H,3-12H2,1-2H3,(H,19,23)(H,20,25). The minimum absolute atomic E-state index is 0.113. The van der Waals surface area contributed by atoms with Crippen LogP contribution >= 0.6 is 0 Å². The van der Waals surface area contributed by atoms with Crippen molar-refractivity contribution in [2.45, 2.75) is 64.0 Å². The molecule has 7 heteroatoms. The molecule has 140 valence electrons. The van der Waals surface area contributed by atoms with E-state index in [1.807, 2.05) is 6.92 Å². The van der Waals surface area contributed by atoms with Crippen molar-refractivity contribution in [3.63, 3.8) is 0 Å². The highest BCUT2D eigenvalue weighted by molar-refractivity contribution is 6.09. The third-order valence-electron chi connectivity index (χ3n) is 6.24. The molecule has 7 nitrogen and oxygen atoms in total. The van der Waals surface area contributed by atoms with Crippen molar-refractivity contribution in [1.82, 2.24) is 20.4 Å². The molecule has 0 aromatic rings. The lowest BCUT2D eigenvalue weighted by molar-refractivity contribution is -0.137. The number of carbonyl (C=O) groups is 3. The van der Waals surface area contributed by atoms with Crippen LogP contribution in [-0.4, -0.2) is 65.4 Å². The fraction of sp³-hybridized carbons (Fsp3) is 0.833. The summed E-state index contributed by atoms with van der Waals surface area (Å²) in [5.41, 5.74) is -0.792. The fourth-order valence-electron chi connectivity index (χ4n) is 4.61. The Kier molecular flexibility index (Phi) is 5.32. The van der Waals surface area contributed by atoms with Crippen LogP contribution in [0.3, 0.4) is 0 Å². The molecule has 0 aromatic carbocycles. The van der Waals surface area contributed by atoms with Gasteiger partial charge in [0.2, 0.25) is 5.91 Å². The van der Waals surface area contributed by atoms with Gasteiger partial charge in [-0.1, -0.05) is 26.7 Å². The zero-order chi connectivity index (χ0) is 18.0. The molecule has 4 amide bonds. The van der Waals surface area contributed by atoms with E-state index < -0.39 is 11.6 Å². The van der Waals surface area contributed by atoms with Crippen molar-refractivity contribution in [3.8, 4) is 0 Å². The highest BCUT2D eigenvalue weighted by atomic mass is 16.2. The first-order chi connectivity index (χ1) is 12.0. The van der Waals surface area contributed by atoms with Gasteiger partial charge >= 0.3 is 6.03 Å². The van der Waals surface area contributed by atoms with E-state index in [0.717, 1.165) is 50.1 Å². The van der Waals surface area contributed by atoms with E-state index in [2.05, 4.69) is 22.5 Å². The van der Waals surface area contributed by atoms with E-state index in [4.69, 9.17) is 0 Å². The first-order valence-electron chi connectivity index (χ1n) is 9.63. The topological polar surface area (TPSA) is 81.8 Å². The number of carbonyl (C=O) groups excluding carboxylic acids is 3. The molecule has 2 aliphatic heterocycles. The highest BCUT2D eigenvalue weighted by Crippen LogP contribution is 2.38. The van der Waals surface area contributed by atoms with E-state index in [1.165, 1.54) is 0 Å². The molecule has 0 radical (unpaired) electrons. The third kappa shape index (κ3) is 3.38. The summed E-state index contributed by atoms with van der Waals surface area (Å²) >= 11 is 0. The van der Waals surface area contributed by atoms with Crippen LogP contribution in [0.1, 0.15) is 52.4 Å². The summed E-state index contributed by atoms with van der Waals surface area (Å²) in [6, 6.07) is -0.0632. The predicted octanol–water partition coefficient (Wildman–Crippen LogP) is 1.09. The maximum absolute atomic E-state index is 12.9. The van der Waals surface area contributed by atoms with Gasteiger partial charge in [0, 0.05) is 12.6 Å². The Balaban J connectivity index is 1.56. The predicted molar refractivity (Wildman–Crippen MR) is 93.9 cm³/mol. The average molecular weight is 350 g/mol. The molecule has 0 bridgehead atoms. The number of imide groups is 1. The minimum Gasteiger partial charge on any atom is -0.353 e. The van der Waals surface area contributed by atoms with Gasteiger partial charge in [0.25, 0.3) is 5.91 Å². The van der Waals surface area contributed by atoms with Gasteiger partial charge in [0.15, 0.2) is 0 Å². The van der Waals surface area contributed by atoms with Gasteiger partial charge in [-0.25, -0.2) is 4.79 Å². The number of likely N-dealkylation sites (tertiary alicyclic amines) is 1. The van der Waals surface area contributed by atoms with Crippen molar-refractivity contribution in [2.75, 3.05) is 26.2 Å². The van der Waals surface area contributed by atoms with Crippen molar-refractivity contribution in [2.24, 2.45) is 5.92 Å². The van der Waals surface area contributed by atoms with E-state index in [0.29, 0.717) is 19.0 Å². The summed E-state index contributed by atoms with van der Waals surface area (Å²) in [5.74, 6) is -0.370. The zero-order valence-corrected chi connectivity index (χ0v) is 15.3. The maximum Gasteiger partial charge on any atom is 0.325 e. The van der Waals surface area contributed by atoms with E-state index in [-0.39, 0.29) is 24.3 Å². The van der Waals surface area contributed by atoms with E-state index in [9.17, 15) is 14.4 Å². The Hall–Kier alpha value is -1.63. The van der Waals surface area contributed by atoms with E-state index in [1.54, 1.807) is 0 Å². The normalized spacial score (nSPS) is 33.1. The molecule has 2 N–H and O–H groups in total. The largest absolute Gasteiger partial charge is 0.353 e. The van der Waals surface area contributed by atoms with Crippen LogP contribution in [0, 0.1) is 5.92 Å². The van der Waals surface area contributed by atoms with Crippen molar-refractivity contribution in [3.05, 3.63) is 0 Å². The molecule has 0 aromatic heterocycles. The van der Waals surface area contributed by atoms with Gasteiger partial charge in [-0.05, 0) is 44.7 Å². The summed E-state index contributed by atoms with van der Waals surface area (Å²) in [5, 5.41) is 5.79. The van der Waals surface area contributed by atoms with Crippen LogP contribution in [0.5, 0.6) is 0 Å². The quantitative estimate of drug-likeness (QED) is 0.727. The Labute approximate surface area is 149 Å². The first kappa shape index (κ1) is 18.2. The Bertz CT molecular complexity index is 552. The number of hydrogen-bond donors (Lipinski definition) is 2. The summed E-state index contributed by atoms with van der Waals surface area (Å²) in [6.45, 7) is 6.59. The molecule has 2 saturated heterocycles. The molecular weight excluding hydrogens is 320 g/mol. The molecule has 3 aliphatic rings. The first-order valence-corrected chi connectivity index (χ1v) is 9.63. The summed E-state index contributed by atoms with van der Waals surface area (Å²) in [7, 11) is 0. The monoisotopic (exact) mass is 350 g/mol. The molecule has 2 heterocycles. The molecule has 3 rings (SSSR count). The Morgan fingerprint density at radius 1 is 1.28 bits per heavy atom. The van der Waals surface area contributed by atoms with Crippen molar-refractivity contribution < 1.29 is 14.4 Å². The number of likely N-dealkylation sites (N-methyl/N-ethyl adjacent to an activating group) is 1. The van der Waals surface area contributed by atoms with Crippen molar-refractivity contribution >= 4 is 17.8 Å². The number of rotatable bonds is 5. The van der Waals surface area contributed by atoms with Gasteiger partial charge < -0.3 is 10.6 Å². The molecule has 1 spiro atoms. The maximum atomic E-state index is 12.9. The number of hydrogen-bond acceptors (Lipinski definition) is 4. The lowest BCUT2D eigenvalue weighted by Crippen LogP contribution is -2.54. The fourth-order valence-corrected chi connectivity index (χ4v) is 4.61. The third-order valence-corrected chi connectivity index (χ3v) is 6.24. The zero-order valence-electron chi connectivity index (χ0n) is 15.3. The average Bonchev–Trinajstić information content (AvgIpc) is 3.14. The summed E-state index contributed by atoms with van der Waals surface area (Å²) < 4.78 is 0. The Morgan fingerprint density at radius 3 is 2.80 bits per heavy atom. The summed E-state index contributed by atoms with van der Waals surface area (Å²) in [6.07, 6.45) is 5.86. The van der Waals surface area contributed by atoms with Crippen LogP contribution in [0.2, 0.25) is 0 Å². The smallest absolute Gasteiger partial charge is 0.325 e. The van der Waals surface area contributed by atoms with Crippen LogP contribution < -0.4 is 10.6 Å². The second kappa shape index (κ2) is 7.32. The Morgan fingerprint density at radius 2 is 2.08 bits per heavy atom. The number of nitrogens with zero attached hydrogens (tertiary/aromatic N) is 2. The molecular formula is C18H30N4O3. The van der Waals surface area contributed by atoms with Gasteiger partial charge in [-0.2, -0.15) is 0 Å². The second-order valence-electron chi connectivity index (χ2n) is 7.67. The summed E-state index contributed by atoms with van der Waals surface area (Å²) in [4.78, 5) is 40.9. The molecule has 3 fully saturated rings. The lowest BCUT2D eigenvalue weighted by atomic mass is 9.73. The van der Waals surface area contributed by atoms with Gasteiger partial charge in [0.1, 0.15) is 12.1 Å². The second-order valence-corrected chi connectivity index (χ2v) is 7.67. The SMILES string of the molecule is CCN1CCCC1CNC(=O)CN1C(=O)NC2(CCCCC2C)C1=O. The van der Waals surface area contributed by atoms with Crippen LogP contribution in [0.4, 0.5) is 4.79 Å². The number of urea groups is 1. The highest BCUT2D eigenvalue weighted by Gasteiger charge is 2.55. The minimum atomic E-state index is -0.792. The van der Waals surface area contributed by atoms with Gasteiger partial charge in [-0.15, -0.1) is 0 Å². The number of amides is 4. The molecule has 1 aliphatic carbocycles. The van der Waals surface area contributed by atoms with E-state index >= 15 is 0 Å². The molecule has 3 atom stereocenters. The number of nitrogens with one attached hydrogen (secondary N) is 2. The molecule has 3 unspecified atom stereocenters. The molecule has 25 heavy (non-hydrogen) atoms. The molecule has 1 saturated carbocycles. The van der Waals surface area contributed by atoms with Gasteiger partial charge in [0.05, 0.1) is 0 Å².